The first-order valence-electron chi connectivity index (χ1n) is 20.9. The molecule has 0 aliphatic heterocycles. The highest BCUT2D eigenvalue weighted by Crippen LogP contribution is 2.38. The Kier molecular flexibility index (Phi) is 6.29. The minimum atomic E-state index is -0.426. The first kappa shape index (κ1) is 27.0. The van der Waals surface area contributed by atoms with E-state index in [-0.39, 0.29) is 29.7 Å². The molecule has 0 spiro atoms. The molecule has 0 fully saturated rings. The topological polar surface area (TPSA) is 56.7 Å². The van der Waals surface area contributed by atoms with Crippen LogP contribution in [0.1, 0.15) is 6.85 Å². The zero-order valence-electron chi connectivity index (χ0n) is 34.8. The van der Waals surface area contributed by atoms with Crippen LogP contribution in [-0.4, -0.2) is 19.5 Å². The smallest absolute Gasteiger partial charge is 0.164 e. The van der Waals surface area contributed by atoms with Crippen molar-refractivity contribution in [2.75, 3.05) is 0 Å². The molecule has 5 nitrogen and oxygen atoms in total. The largest absolute Gasteiger partial charge is 0.456 e. The summed E-state index contributed by atoms with van der Waals surface area (Å²) in [6.07, 6.45) is 0. The van der Waals surface area contributed by atoms with E-state index in [1.165, 1.54) is 10.8 Å². The predicted octanol–water partition coefficient (Wildman–Crippen LogP) is 13.2. The van der Waals surface area contributed by atoms with E-state index in [0.29, 0.717) is 28.6 Å². The van der Waals surface area contributed by atoms with Crippen LogP contribution in [0.3, 0.4) is 0 Å². The molecule has 0 radical (unpaired) electrons. The van der Waals surface area contributed by atoms with Gasteiger partial charge in [-0.05, 0) is 82.9 Å². The number of nitrogens with zero attached hydrogens (tertiary/aromatic N) is 4. The van der Waals surface area contributed by atoms with E-state index in [9.17, 15) is 0 Å². The third-order valence-corrected chi connectivity index (χ3v) is 10.3. The van der Waals surface area contributed by atoms with E-state index in [4.69, 9.17) is 26.2 Å². The van der Waals surface area contributed by atoms with Crippen molar-refractivity contribution in [2.24, 2.45) is 0 Å². The molecule has 0 bridgehead atoms. The van der Waals surface area contributed by atoms with Crippen molar-refractivity contribution in [1.82, 2.24) is 19.5 Å². The third kappa shape index (κ3) is 5.45. The average Bonchev–Trinajstić information content (AvgIpc) is 3.85. The van der Waals surface area contributed by atoms with E-state index < -0.39 is 6.04 Å². The Bertz CT molecular complexity index is 3500. The van der Waals surface area contributed by atoms with Crippen molar-refractivity contribution in [3.8, 4) is 62.1 Å². The maximum absolute atomic E-state index is 8.46. The highest BCUT2D eigenvalue weighted by molar-refractivity contribution is 6.11. The molecular formula is C51H32N4O. The Hall–Kier alpha value is -7.63. The second-order valence-corrected chi connectivity index (χ2v) is 13.7. The number of aromatic nitrogens is 4. The third-order valence-electron chi connectivity index (χ3n) is 10.3. The lowest BCUT2D eigenvalue weighted by Gasteiger charge is -2.09. The van der Waals surface area contributed by atoms with Crippen LogP contribution in [0.4, 0.5) is 0 Å². The zero-order valence-corrected chi connectivity index (χ0v) is 29.8. The maximum atomic E-state index is 8.46. The van der Waals surface area contributed by atoms with Crippen LogP contribution in [0, 0.1) is 0 Å². The van der Waals surface area contributed by atoms with Gasteiger partial charge in [-0.1, -0.05) is 133 Å². The van der Waals surface area contributed by atoms with Gasteiger partial charge in [0, 0.05) is 43.9 Å². The summed E-state index contributed by atoms with van der Waals surface area (Å²) in [4.78, 5) is 14.8. The van der Waals surface area contributed by atoms with Crippen LogP contribution >= 0.6 is 0 Å². The summed E-state index contributed by atoms with van der Waals surface area (Å²) in [6.45, 7) is 0. The summed E-state index contributed by atoms with van der Waals surface area (Å²) in [5.41, 5.74) is 10.0. The van der Waals surface area contributed by atoms with Gasteiger partial charge in [0.05, 0.1) is 17.9 Å². The van der Waals surface area contributed by atoms with Crippen molar-refractivity contribution in [3.05, 3.63) is 194 Å². The first-order valence-corrected chi connectivity index (χ1v) is 18.4. The molecule has 0 aliphatic carbocycles. The Balaban J connectivity index is 1.01. The van der Waals surface area contributed by atoms with E-state index in [1.54, 1.807) is 24.3 Å². The Morgan fingerprint density at radius 2 is 0.875 bits per heavy atom. The van der Waals surface area contributed by atoms with Crippen LogP contribution in [0.15, 0.2) is 198 Å². The highest BCUT2D eigenvalue weighted by Gasteiger charge is 2.17. The predicted molar refractivity (Wildman–Crippen MR) is 229 cm³/mol. The van der Waals surface area contributed by atoms with Gasteiger partial charge in [-0.15, -0.1) is 0 Å². The minimum absolute atomic E-state index is 0.138. The summed E-state index contributed by atoms with van der Waals surface area (Å²) in [5, 5.41) is 4.28. The lowest BCUT2D eigenvalue weighted by atomic mass is 10.00. The normalized spacial score (nSPS) is 12.8. The number of furan rings is 1. The van der Waals surface area contributed by atoms with Crippen molar-refractivity contribution >= 4 is 43.7 Å². The quantitative estimate of drug-likeness (QED) is 0.172. The van der Waals surface area contributed by atoms with E-state index in [0.717, 1.165) is 60.9 Å². The fourth-order valence-electron chi connectivity index (χ4n) is 7.63. The van der Waals surface area contributed by atoms with E-state index in [2.05, 4.69) is 89.5 Å². The fraction of sp³-hybridized carbons (Fsp3) is 0. The molecule has 0 amide bonds. The van der Waals surface area contributed by atoms with Crippen molar-refractivity contribution in [2.45, 2.75) is 0 Å². The van der Waals surface area contributed by atoms with Crippen LogP contribution in [0.5, 0.6) is 0 Å². The van der Waals surface area contributed by atoms with Crippen LogP contribution in [0.2, 0.25) is 0 Å². The zero-order chi connectivity index (χ0) is 41.4. The summed E-state index contributed by atoms with van der Waals surface area (Å²) in [6, 6.07) is 53.1. The molecule has 0 aliphatic rings. The molecule has 11 aromatic rings. The molecule has 0 N–H and O–H groups in total. The van der Waals surface area contributed by atoms with E-state index >= 15 is 0 Å². The monoisotopic (exact) mass is 721 g/mol. The Labute approximate surface area is 329 Å². The summed E-state index contributed by atoms with van der Waals surface area (Å²) < 4.78 is 49.9. The number of hydrogen-bond donors (Lipinski definition) is 0. The van der Waals surface area contributed by atoms with Gasteiger partial charge in [-0.25, -0.2) is 15.0 Å². The van der Waals surface area contributed by atoms with Crippen molar-refractivity contribution in [1.29, 1.82) is 0 Å². The highest BCUT2D eigenvalue weighted by atomic mass is 16.3. The van der Waals surface area contributed by atoms with Gasteiger partial charge in [0.2, 0.25) is 0 Å². The van der Waals surface area contributed by atoms with E-state index in [1.807, 2.05) is 54.6 Å². The average molecular weight is 722 g/mol. The van der Waals surface area contributed by atoms with Gasteiger partial charge in [0.25, 0.3) is 0 Å². The fourth-order valence-corrected chi connectivity index (χ4v) is 7.63. The number of fused-ring (bicyclic) bond motifs is 6. The molecule has 5 heteroatoms. The SMILES string of the molecule is [2H]c1c([2H])c([2H])c(-c2ccc(-c3nc(-c4ccccc4)nc(-c4ccc5oc6ccc(-c7ccc8c(c7)c7ccccc7n8-c7ccccc7)cc6c5c4)n3)cc2)c([2H])c1[2H]. The lowest BCUT2D eigenvalue weighted by Crippen LogP contribution is -2.00. The Morgan fingerprint density at radius 3 is 1.59 bits per heavy atom. The van der Waals surface area contributed by atoms with Gasteiger partial charge in [0.15, 0.2) is 17.5 Å². The second-order valence-electron chi connectivity index (χ2n) is 13.7. The molecule has 262 valence electrons. The van der Waals surface area contributed by atoms with Gasteiger partial charge < -0.3 is 8.98 Å². The lowest BCUT2D eigenvalue weighted by molar-refractivity contribution is 0.669. The van der Waals surface area contributed by atoms with Crippen molar-refractivity contribution in [3.63, 3.8) is 0 Å². The van der Waals surface area contributed by atoms with Gasteiger partial charge in [-0.2, -0.15) is 0 Å². The van der Waals surface area contributed by atoms with Gasteiger partial charge >= 0.3 is 0 Å². The van der Waals surface area contributed by atoms with Crippen LogP contribution < -0.4 is 0 Å². The standard InChI is InChI=1S/C51H32N4O/c1-4-12-33(13-5-1)34-20-22-36(23-21-34)50-52-49(35-14-6-2-7-15-35)53-51(54-50)39-26-29-48-44(32-39)43-31-38(25-28-47(43)56-48)37-24-27-46-42(30-37)41-18-10-11-19-45(41)55(46)40-16-8-3-9-17-40/h1-32H/i1D,4D,5D,12D,13D. The molecule has 0 saturated carbocycles. The number of hydrogen-bond acceptors (Lipinski definition) is 4. The molecule has 11 rings (SSSR count). The summed E-state index contributed by atoms with van der Waals surface area (Å²) >= 11 is 0. The molecular weight excluding hydrogens is 685 g/mol. The van der Waals surface area contributed by atoms with Gasteiger partial charge in [0.1, 0.15) is 11.2 Å². The molecule has 8 aromatic carbocycles. The Morgan fingerprint density at radius 1 is 0.375 bits per heavy atom. The number of rotatable bonds is 6. The first-order chi connectivity index (χ1) is 29.8. The molecule has 0 saturated heterocycles. The molecule has 3 aromatic heterocycles. The summed E-state index contributed by atoms with van der Waals surface area (Å²) in [5.74, 6) is 1.41. The molecule has 3 heterocycles. The molecule has 56 heavy (non-hydrogen) atoms. The van der Waals surface area contributed by atoms with Crippen molar-refractivity contribution < 1.29 is 11.3 Å². The van der Waals surface area contributed by atoms with Crippen LogP contribution in [-0.2, 0) is 0 Å². The van der Waals surface area contributed by atoms with Gasteiger partial charge in [-0.3, -0.25) is 0 Å². The molecule has 0 atom stereocenters. The summed E-state index contributed by atoms with van der Waals surface area (Å²) in [7, 11) is 0. The minimum Gasteiger partial charge on any atom is -0.456 e. The number of para-hydroxylation sites is 2. The second kappa shape index (κ2) is 13.0. The maximum Gasteiger partial charge on any atom is 0.164 e. The van der Waals surface area contributed by atoms with Crippen LogP contribution in [0.25, 0.3) is 106 Å². The number of benzene rings is 8. The molecule has 0 unspecified atom stereocenters.